The molecule has 0 saturated heterocycles. The summed E-state index contributed by atoms with van der Waals surface area (Å²) < 4.78 is 6.36. The molecule has 0 aromatic carbocycles. The molecule has 0 saturated carbocycles. The predicted molar refractivity (Wildman–Crippen MR) is 47.7 cm³/mol. The summed E-state index contributed by atoms with van der Waals surface area (Å²) >= 11 is 0. The number of aromatic amines is 1. The third kappa shape index (κ3) is 2.29. The van der Waals surface area contributed by atoms with E-state index in [4.69, 9.17) is 4.74 Å². The number of hydrogen-bond donors (Lipinski definition) is 1. The summed E-state index contributed by atoms with van der Waals surface area (Å²) in [5.41, 5.74) is -0.291. The topological polar surface area (TPSA) is 64.1 Å². The molecule has 0 aliphatic carbocycles. The first-order chi connectivity index (χ1) is 6.15. The van der Waals surface area contributed by atoms with Gasteiger partial charge < -0.3 is 4.74 Å². The summed E-state index contributed by atoms with van der Waals surface area (Å²) in [6, 6.07) is 0. The van der Waals surface area contributed by atoms with Crippen molar-refractivity contribution in [3.63, 3.8) is 0 Å². The second-order valence-corrected chi connectivity index (χ2v) is 2.66. The third-order valence-electron chi connectivity index (χ3n) is 1.62. The predicted octanol–water partition coefficient (Wildman–Crippen LogP) is -0.161. The zero-order chi connectivity index (χ0) is 9.84. The van der Waals surface area contributed by atoms with Gasteiger partial charge in [0.05, 0.1) is 0 Å². The molecular weight excluding hydrogens is 172 g/mol. The molecule has 0 aliphatic heterocycles. The van der Waals surface area contributed by atoms with Gasteiger partial charge in [-0.3, -0.25) is 14.3 Å². The normalized spacial score (nSPS) is 10.3. The average molecular weight is 184 g/mol. The molecule has 5 nitrogen and oxygen atoms in total. The highest BCUT2D eigenvalue weighted by Gasteiger charge is 1.99. The molecule has 1 heterocycles. The fourth-order valence-electron chi connectivity index (χ4n) is 0.904. The fourth-order valence-corrected chi connectivity index (χ4v) is 0.904. The Morgan fingerprint density at radius 2 is 2.23 bits per heavy atom. The van der Waals surface area contributed by atoms with Crippen LogP contribution in [0.1, 0.15) is 12.5 Å². The van der Waals surface area contributed by atoms with Gasteiger partial charge >= 0.3 is 5.69 Å². The molecular formula is C8H12N2O3. The molecule has 5 heteroatoms. The lowest BCUT2D eigenvalue weighted by atomic mass is 10.4. The number of ether oxygens (including phenoxy) is 1. The summed E-state index contributed by atoms with van der Waals surface area (Å²) in [5.74, 6) is 0. The van der Waals surface area contributed by atoms with Gasteiger partial charge in [0.25, 0.3) is 5.56 Å². The molecule has 0 spiro atoms. The lowest BCUT2D eigenvalue weighted by Gasteiger charge is -2.04. The molecule has 0 radical (unpaired) electrons. The summed E-state index contributed by atoms with van der Waals surface area (Å²) in [7, 11) is 0. The lowest BCUT2D eigenvalue weighted by molar-refractivity contribution is 0.0841. The Morgan fingerprint density at radius 3 is 2.85 bits per heavy atom. The van der Waals surface area contributed by atoms with Gasteiger partial charge in [0.1, 0.15) is 6.73 Å². The largest absolute Gasteiger partial charge is 0.361 e. The maximum absolute atomic E-state index is 11.1. The second kappa shape index (κ2) is 4.04. The smallest absolute Gasteiger partial charge is 0.330 e. The molecule has 72 valence electrons. The number of nitrogens with one attached hydrogen (secondary N) is 1. The van der Waals surface area contributed by atoms with E-state index < -0.39 is 5.69 Å². The molecule has 1 aromatic heterocycles. The zero-order valence-corrected chi connectivity index (χ0v) is 7.66. The van der Waals surface area contributed by atoms with Crippen molar-refractivity contribution < 1.29 is 4.74 Å². The van der Waals surface area contributed by atoms with Gasteiger partial charge in [0, 0.05) is 18.4 Å². The van der Waals surface area contributed by atoms with E-state index in [1.165, 1.54) is 10.8 Å². The van der Waals surface area contributed by atoms with Crippen LogP contribution in [0.25, 0.3) is 0 Å². The van der Waals surface area contributed by atoms with E-state index >= 15 is 0 Å². The highest BCUT2D eigenvalue weighted by atomic mass is 16.5. The van der Waals surface area contributed by atoms with Gasteiger partial charge in [-0.25, -0.2) is 4.79 Å². The molecule has 1 rings (SSSR count). The van der Waals surface area contributed by atoms with Crippen LogP contribution < -0.4 is 11.2 Å². The van der Waals surface area contributed by atoms with E-state index in [-0.39, 0.29) is 12.3 Å². The molecule has 13 heavy (non-hydrogen) atoms. The van der Waals surface area contributed by atoms with Crippen molar-refractivity contribution in [3.8, 4) is 0 Å². The number of hydrogen-bond acceptors (Lipinski definition) is 3. The minimum absolute atomic E-state index is 0.174. The Morgan fingerprint density at radius 1 is 1.54 bits per heavy atom. The summed E-state index contributed by atoms with van der Waals surface area (Å²) in [6.07, 6.45) is 1.48. The maximum Gasteiger partial charge on any atom is 0.330 e. The van der Waals surface area contributed by atoms with Crippen LogP contribution in [0.15, 0.2) is 15.8 Å². The summed E-state index contributed by atoms with van der Waals surface area (Å²) in [4.78, 5) is 24.3. The standard InChI is InChI=1S/C8H12N2O3/c1-3-13-5-10-4-6(2)7(11)9-8(10)12/h4H,3,5H2,1-2H3,(H,9,11,12). The molecule has 1 aromatic rings. The first-order valence-electron chi connectivity index (χ1n) is 4.03. The van der Waals surface area contributed by atoms with Crippen molar-refractivity contribution >= 4 is 0 Å². The highest BCUT2D eigenvalue weighted by Crippen LogP contribution is 1.85. The monoisotopic (exact) mass is 184 g/mol. The van der Waals surface area contributed by atoms with Gasteiger partial charge in [-0.2, -0.15) is 0 Å². The molecule has 0 unspecified atom stereocenters. The second-order valence-electron chi connectivity index (χ2n) is 2.66. The fraction of sp³-hybridized carbons (Fsp3) is 0.500. The average Bonchev–Trinajstić information content (AvgIpc) is 2.09. The number of H-pyrrole nitrogens is 1. The lowest BCUT2D eigenvalue weighted by Crippen LogP contribution is -2.31. The zero-order valence-electron chi connectivity index (χ0n) is 7.66. The van der Waals surface area contributed by atoms with Crippen LogP contribution >= 0.6 is 0 Å². The van der Waals surface area contributed by atoms with Gasteiger partial charge in [-0.1, -0.05) is 0 Å². The molecule has 0 bridgehead atoms. The Balaban J connectivity index is 3.02. The minimum atomic E-state index is -0.441. The maximum atomic E-state index is 11.1. The van der Waals surface area contributed by atoms with Crippen LogP contribution in [-0.4, -0.2) is 16.2 Å². The van der Waals surface area contributed by atoms with Crippen molar-refractivity contribution in [2.24, 2.45) is 0 Å². The quantitative estimate of drug-likeness (QED) is 0.709. The van der Waals surface area contributed by atoms with E-state index in [1.807, 2.05) is 6.92 Å². The number of rotatable bonds is 3. The third-order valence-corrected chi connectivity index (χ3v) is 1.62. The van der Waals surface area contributed by atoms with Gasteiger partial charge in [0.2, 0.25) is 0 Å². The van der Waals surface area contributed by atoms with Gasteiger partial charge in [-0.05, 0) is 13.8 Å². The van der Waals surface area contributed by atoms with Crippen LogP contribution in [0.2, 0.25) is 0 Å². The van der Waals surface area contributed by atoms with E-state index in [2.05, 4.69) is 4.98 Å². The number of aryl methyl sites for hydroxylation is 1. The Hall–Kier alpha value is -1.36. The van der Waals surface area contributed by atoms with E-state index in [0.717, 1.165) is 0 Å². The van der Waals surface area contributed by atoms with Crippen molar-refractivity contribution in [1.82, 2.24) is 9.55 Å². The Kier molecular flexibility index (Phi) is 3.02. The van der Waals surface area contributed by atoms with Crippen molar-refractivity contribution in [1.29, 1.82) is 0 Å². The first-order valence-corrected chi connectivity index (χ1v) is 4.03. The summed E-state index contributed by atoms with van der Waals surface area (Å²) in [6.45, 7) is 4.18. The minimum Gasteiger partial charge on any atom is -0.361 e. The Bertz CT molecular complexity index is 391. The van der Waals surface area contributed by atoms with Crippen LogP contribution in [-0.2, 0) is 11.5 Å². The number of aromatic nitrogens is 2. The Labute approximate surface area is 75.0 Å². The van der Waals surface area contributed by atoms with Crippen LogP contribution in [0.5, 0.6) is 0 Å². The van der Waals surface area contributed by atoms with Crippen LogP contribution in [0.3, 0.4) is 0 Å². The molecule has 0 atom stereocenters. The molecule has 0 aliphatic rings. The van der Waals surface area contributed by atoms with Gasteiger partial charge in [-0.15, -0.1) is 0 Å². The molecule has 1 N–H and O–H groups in total. The highest BCUT2D eigenvalue weighted by molar-refractivity contribution is 5.00. The van der Waals surface area contributed by atoms with Crippen molar-refractivity contribution in [2.75, 3.05) is 6.61 Å². The van der Waals surface area contributed by atoms with Crippen molar-refractivity contribution in [2.45, 2.75) is 20.6 Å². The first kappa shape index (κ1) is 9.73. The van der Waals surface area contributed by atoms with Crippen LogP contribution in [0.4, 0.5) is 0 Å². The SMILES string of the molecule is CCOCn1cc(C)c(=O)[nH]c1=O. The van der Waals surface area contributed by atoms with Gasteiger partial charge in [0.15, 0.2) is 0 Å². The van der Waals surface area contributed by atoms with E-state index in [1.54, 1.807) is 6.92 Å². The van der Waals surface area contributed by atoms with Crippen molar-refractivity contribution in [3.05, 3.63) is 32.6 Å². The summed E-state index contributed by atoms with van der Waals surface area (Å²) in [5, 5.41) is 0. The number of nitrogens with zero attached hydrogens (tertiary/aromatic N) is 1. The van der Waals surface area contributed by atoms with E-state index in [9.17, 15) is 9.59 Å². The molecule has 0 fully saturated rings. The van der Waals surface area contributed by atoms with E-state index in [0.29, 0.717) is 12.2 Å². The van der Waals surface area contributed by atoms with Crippen LogP contribution in [0, 0.1) is 6.92 Å². The molecule has 0 amide bonds.